The molecule has 1 spiro atoms. The van der Waals surface area contributed by atoms with Crippen LogP contribution in [0.4, 0.5) is 10.6 Å². The van der Waals surface area contributed by atoms with Gasteiger partial charge in [-0.25, -0.2) is 9.78 Å². The molecular formula is C18H15BrN4O3. The second-order valence-electron chi connectivity index (χ2n) is 6.29. The van der Waals surface area contributed by atoms with Crippen LogP contribution in [0.2, 0.25) is 0 Å². The van der Waals surface area contributed by atoms with E-state index in [-0.39, 0.29) is 12.5 Å². The summed E-state index contributed by atoms with van der Waals surface area (Å²) in [4.78, 5) is 42.6. The highest BCUT2D eigenvalue weighted by Crippen LogP contribution is 2.41. The summed E-state index contributed by atoms with van der Waals surface area (Å²) in [6.07, 6.45) is 2.77. The van der Waals surface area contributed by atoms with E-state index in [4.69, 9.17) is 0 Å². The maximum absolute atomic E-state index is 13.0. The highest BCUT2D eigenvalue weighted by atomic mass is 79.9. The highest BCUT2D eigenvalue weighted by Gasteiger charge is 2.55. The molecule has 4 rings (SSSR count). The van der Waals surface area contributed by atoms with E-state index < -0.39 is 17.5 Å². The molecule has 1 aromatic heterocycles. The number of rotatable bonds is 3. The third kappa shape index (κ3) is 2.66. The third-order valence-corrected chi connectivity index (χ3v) is 5.19. The number of hydrogen-bond donors (Lipinski definition) is 2. The van der Waals surface area contributed by atoms with Crippen molar-refractivity contribution in [2.45, 2.75) is 18.4 Å². The largest absolute Gasteiger partial charge is 0.325 e. The van der Waals surface area contributed by atoms with Crippen LogP contribution in [0.15, 0.2) is 47.1 Å². The minimum Gasteiger partial charge on any atom is -0.319 e. The van der Waals surface area contributed by atoms with Crippen LogP contribution in [-0.2, 0) is 21.5 Å². The SMILES string of the molecule is O=C(CN1C(=O)NC2(CCc3ccccc32)C1=O)Nc1ccc(Br)cn1. The normalized spacial score (nSPS) is 21.0. The number of pyridine rings is 1. The highest BCUT2D eigenvalue weighted by molar-refractivity contribution is 9.10. The van der Waals surface area contributed by atoms with Gasteiger partial charge in [0.2, 0.25) is 5.91 Å². The predicted octanol–water partition coefficient (Wildman–Crippen LogP) is 2.18. The first-order valence-electron chi connectivity index (χ1n) is 8.13. The third-order valence-electron chi connectivity index (χ3n) is 4.72. The Bertz CT molecular complexity index is 915. The Morgan fingerprint density at radius 3 is 2.85 bits per heavy atom. The number of nitrogens with zero attached hydrogens (tertiary/aromatic N) is 2. The summed E-state index contributed by atoms with van der Waals surface area (Å²) in [5.41, 5.74) is 0.812. The van der Waals surface area contributed by atoms with Gasteiger partial charge in [0.1, 0.15) is 17.9 Å². The van der Waals surface area contributed by atoms with Gasteiger partial charge in [-0.3, -0.25) is 14.5 Å². The zero-order valence-electron chi connectivity index (χ0n) is 13.7. The summed E-state index contributed by atoms with van der Waals surface area (Å²) in [5.74, 6) is -0.510. The molecule has 0 bridgehead atoms. The fourth-order valence-corrected chi connectivity index (χ4v) is 3.74. The van der Waals surface area contributed by atoms with Gasteiger partial charge < -0.3 is 10.6 Å². The lowest BCUT2D eigenvalue weighted by molar-refractivity contribution is -0.134. The summed E-state index contributed by atoms with van der Waals surface area (Å²) in [6.45, 7) is -0.355. The number of urea groups is 1. The van der Waals surface area contributed by atoms with Gasteiger partial charge in [-0.2, -0.15) is 0 Å². The Hall–Kier alpha value is -2.74. The lowest BCUT2D eigenvalue weighted by atomic mass is 9.92. The number of aryl methyl sites for hydroxylation is 1. The smallest absolute Gasteiger partial charge is 0.319 e. The summed E-state index contributed by atoms with van der Waals surface area (Å²) in [6, 6.07) is 10.4. The molecule has 4 amide bonds. The van der Waals surface area contributed by atoms with Crippen LogP contribution in [0.25, 0.3) is 0 Å². The van der Waals surface area contributed by atoms with E-state index in [0.29, 0.717) is 18.7 Å². The van der Waals surface area contributed by atoms with Crippen LogP contribution in [0, 0.1) is 0 Å². The summed E-state index contributed by atoms with van der Waals surface area (Å²) in [7, 11) is 0. The van der Waals surface area contributed by atoms with E-state index in [2.05, 4.69) is 31.5 Å². The van der Waals surface area contributed by atoms with Gasteiger partial charge >= 0.3 is 6.03 Å². The quantitative estimate of drug-likeness (QED) is 0.752. The first-order valence-corrected chi connectivity index (χ1v) is 8.93. The van der Waals surface area contributed by atoms with Crippen molar-refractivity contribution in [2.75, 3.05) is 11.9 Å². The Morgan fingerprint density at radius 2 is 2.08 bits per heavy atom. The Morgan fingerprint density at radius 1 is 1.27 bits per heavy atom. The number of carbonyl (C=O) groups is 3. The Balaban J connectivity index is 1.52. The molecule has 2 heterocycles. The van der Waals surface area contributed by atoms with Crippen molar-refractivity contribution in [3.05, 3.63) is 58.2 Å². The lowest BCUT2D eigenvalue weighted by Gasteiger charge is -2.22. The van der Waals surface area contributed by atoms with E-state index in [1.54, 1.807) is 18.3 Å². The van der Waals surface area contributed by atoms with Crippen molar-refractivity contribution < 1.29 is 14.4 Å². The molecule has 1 unspecified atom stereocenters. The molecule has 132 valence electrons. The van der Waals surface area contributed by atoms with Crippen LogP contribution in [0.3, 0.4) is 0 Å². The minimum atomic E-state index is -1.05. The number of aromatic nitrogens is 1. The monoisotopic (exact) mass is 414 g/mol. The van der Waals surface area contributed by atoms with Crippen LogP contribution in [-0.4, -0.2) is 34.3 Å². The number of imide groups is 1. The van der Waals surface area contributed by atoms with Crippen molar-refractivity contribution in [3.8, 4) is 0 Å². The van der Waals surface area contributed by atoms with Gasteiger partial charge in [-0.15, -0.1) is 0 Å². The maximum atomic E-state index is 13.0. The molecule has 8 heteroatoms. The van der Waals surface area contributed by atoms with Crippen LogP contribution in [0.1, 0.15) is 17.5 Å². The first-order chi connectivity index (χ1) is 12.5. The van der Waals surface area contributed by atoms with Crippen LogP contribution in [0.5, 0.6) is 0 Å². The number of halogens is 1. The maximum Gasteiger partial charge on any atom is 0.325 e. The molecule has 0 saturated carbocycles. The average Bonchev–Trinajstić information content (AvgIpc) is 3.11. The Labute approximate surface area is 157 Å². The predicted molar refractivity (Wildman–Crippen MR) is 97.3 cm³/mol. The van der Waals surface area contributed by atoms with Crippen molar-refractivity contribution in [1.82, 2.24) is 15.2 Å². The van der Waals surface area contributed by atoms with Crippen LogP contribution >= 0.6 is 15.9 Å². The standard InChI is InChI=1S/C18H15BrN4O3/c19-12-5-6-14(20-9-12)21-15(24)10-23-16(25)18(22-17(23)26)8-7-11-3-1-2-4-13(11)18/h1-6,9H,7-8,10H2,(H,22,26)(H,20,21,24). The van der Waals surface area contributed by atoms with Gasteiger partial charge in [-0.05, 0) is 52.0 Å². The van der Waals surface area contributed by atoms with Crippen molar-refractivity contribution in [3.63, 3.8) is 0 Å². The van der Waals surface area contributed by atoms with E-state index in [9.17, 15) is 14.4 Å². The van der Waals surface area contributed by atoms with E-state index >= 15 is 0 Å². The number of amides is 4. The van der Waals surface area contributed by atoms with Crippen molar-refractivity contribution in [1.29, 1.82) is 0 Å². The molecule has 1 aromatic carbocycles. The molecule has 2 aliphatic rings. The van der Waals surface area contributed by atoms with Crippen LogP contribution < -0.4 is 10.6 Å². The molecule has 26 heavy (non-hydrogen) atoms. The number of nitrogens with one attached hydrogen (secondary N) is 2. The molecule has 1 atom stereocenters. The van der Waals surface area contributed by atoms with Crippen molar-refractivity contribution >= 4 is 39.6 Å². The zero-order chi connectivity index (χ0) is 18.3. The number of carbonyl (C=O) groups excluding carboxylic acids is 3. The lowest BCUT2D eigenvalue weighted by Crippen LogP contribution is -2.43. The number of anilines is 1. The van der Waals surface area contributed by atoms with Gasteiger partial charge in [0.15, 0.2) is 0 Å². The number of fused-ring (bicyclic) bond motifs is 2. The second kappa shape index (κ2) is 6.21. The van der Waals surface area contributed by atoms with Gasteiger partial charge in [-0.1, -0.05) is 24.3 Å². The molecule has 1 fully saturated rings. The van der Waals surface area contributed by atoms with E-state index in [0.717, 1.165) is 20.5 Å². The minimum absolute atomic E-state index is 0.353. The van der Waals surface area contributed by atoms with E-state index in [1.165, 1.54) is 0 Å². The molecule has 2 aromatic rings. The summed E-state index contributed by atoms with van der Waals surface area (Å²) < 4.78 is 0.784. The molecule has 2 N–H and O–H groups in total. The molecular weight excluding hydrogens is 400 g/mol. The first kappa shape index (κ1) is 16.7. The zero-order valence-corrected chi connectivity index (χ0v) is 15.2. The number of hydrogen-bond acceptors (Lipinski definition) is 4. The average molecular weight is 415 g/mol. The number of benzene rings is 1. The Kier molecular flexibility index (Phi) is 3.99. The topological polar surface area (TPSA) is 91.4 Å². The van der Waals surface area contributed by atoms with Gasteiger partial charge in [0.25, 0.3) is 5.91 Å². The summed E-state index contributed by atoms with van der Waals surface area (Å²) >= 11 is 3.26. The molecule has 7 nitrogen and oxygen atoms in total. The van der Waals surface area contributed by atoms with Crippen molar-refractivity contribution in [2.24, 2.45) is 0 Å². The fraction of sp³-hybridized carbons (Fsp3) is 0.222. The van der Waals surface area contributed by atoms with Gasteiger partial charge in [0, 0.05) is 10.7 Å². The summed E-state index contributed by atoms with van der Waals surface area (Å²) in [5, 5.41) is 5.39. The molecule has 1 aliphatic carbocycles. The molecule has 0 radical (unpaired) electrons. The molecule has 1 saturated heterocycles. The fourth-order valence-electron chi connectivity index (χ4n) is 3.51. The molecule has 1 aliphatic heterocycles. The van der Waals surface area contributed by atoms with Gasteiger partial charge in [0.05, 0.1) is 0 Å². The van der Waals surface area contributed by atoms with E-state index in [1.807, 2.05) is 24.3 Å². The second-order valence-corrected chi connectivity index (χ2v) is 7.21.